The summed E-state index contributed by atoms with van der Waals surface area (Å²) in [6.07, 6.45) is 1.49. The lowest BCUT2D eigenvalue weighted by Gasteiger charge is -2.10. The molecule has 0 amide bonds. The van der Waals surface area contributed by atoms with Crippen molar-refractivity contribution in [3.63, 3.8) is 0 Å². The number of hydrogen-bond acceptors (Lipinski definition) is 6. The highest BCUT2D eigenvalue weighted by atomic mass is 16.5. The summed E-state index contributed by atoms with van der Waals surface area (Å²) in [5.41, 5.74) is 2.17. The van der Waals surface area contributed by atoms with Gasteiger partial charge in [0.1, 0.15) is 24.5 Å². The number of nitrogens with one attached hydrogen (secondary N) is 1. The molecule has 0 aliphatic heterocycles. The molecule has 6 nitrogen and oxygen atoms in total. The van der Waals surface area contributed by atoms with Crippen molar-refractivity contribution in [3.05, 3.63) is 72.6 Å². The number of rotatable bonds is 7. The molecule has 3 aromatic rings. The molecule has 1 aromatic heterocycles. The second-order valence-corrected chi connectivity index (χ2v) is 5.42. The van der Waals surface area contributed by atoms with Gasteiger partial charge in [-0.2, -0.15) is 0 Å². The van der Waals surface area contributed by atoms with Gasteiger partial charge in [-0.25, -0.2) is 14.8 Å². The molecule has 132 valence electrons. The molecule has 0 aliphatic carbocycles. The maximum atomic E-state index is 11.9. The maximum absolute atomic E-state index is 11.9. The van der Waals surface area contributed by atoms with E-state index in [-0.39, 0.29) is 12.6 Å². The fraction of sp³-hybridized carbons (Fsp3) is 0.150. The third-order valence-corrected chi connectivity index (χ3v) is 3.70. The zero-order valence-electron chi connectivity index (χ0n) is 14.4. The van der Waals surface area contributed by atoms with E-state index < -0.39 is 0 Å². The first-order valence-electron chi connectivity index (χ1n) is 8.19. The Balaban J connectivity index is 1.57. The van der Waals surface area contributed by atoms with E-state index in [0.29, 0.717) is 17.9 Å². The van der Waals surface area contributed by atoms with Crippen LogP contribution in [0.3, 0.4) is 0 Å². The number of carbonyl (C=O) groups excluding carboxylic acids is 1. The van der Waals surface area contributed by atoms with Crippen molar-refractivity contribution in [3.8, 4) is 17.0 Å². The van der Waals surface area contributed by atoms with Crippen molar-refractivity contribution in [2.75, 3.05) is 25.6 Å². The molecular formula is C20H19N3O3. The summed E-state index contributed by atoms with van der Waals surface area (Å²) >= 11 is 0. The fourth-order valence-electron chi connectivity index (χ4n) is 2.44. The van der Waals surface area contributed by atoms with Crippen molar-refractivity contribution in [1.29, 1.82) is 0 Å². The van der Waals surface area contributed by atoms with Gasteiger partial charge in [0.15, 0.2) is 0 Å². The second kappa shape index (κ2) is 8.62. The molecule has 0 radical (unpaired) electrons. The first kappa shape index (κ1) is 17.4. The van der Waals surface area contributed by atoms with E-state index >= 15 is 0 Å². The minimum Gasteiger partial charge on any atom is -0.496 e. The summed E-state index contributed by atoms with van der Waals surface area (Å²) in [4.78, 5) is 20.4. The Kier molecular flexibility index (Phi) is 5.77. The van der Waals surface area contributed by atoms with E-state index in [4.69, 9.17) is 9.47 Å². The summed E-state index contributed by atoms with van der Waals surface area (Å²) in [6, 6.07) is 18.4. The van der Waals surface area contributed by atoms with Crippen molar-refractivity contribution < 1.29 is 14.3 Å². The molecule has 2 aromatic carbocycles. The van der Waals surface area contributed by atoms with Gasteiger partial charge in [0, 0.05) is 11.6 Å². The number of benzene rings is 2. The standard InChI is InChI=1S/C20H19N3O3/c1-25-18-10-6-5-9-16(18)17-13-19(23-14-22-17)21-11-12-26-20(24)15-7-3-2-4-8-15/h2-10,13-14H,11-12H2,1H3,(H,21,22,23). The van der Waals surface area contributed by atoms with E-state index in [9.17, 15) is 4.79 Å². The molecule has 0 bridgehead atoms. The highest BCUT2D eigenvalue weighted by Crippen LogP contribution is 2.28. The summed E-state index contributed by atoms with van der Waals surface area (Å²) in [6.45, 7) is 0.683. The second-order valence-electron chi connectivity index (χ2n) is 5.42. The average molecular weight is 349 g/mol. The van der Waals surface area contributed by atoms with Gasteiger partial charge in [-0.15, -0.1) is 0 Å². The summed E-state index contributed by atoms with van der Waals surface area (Å²) in [7, 11) is 1.63. The van der Waals surface area contributed by atoms with E-state index in [1.54, 1.807) is 31.4 Å². The van der Waals surface area contributed by atoms with Gasteiger partial charge >= 0.3 is 5.97 Å². The van der Waals surface area contributed by atoms with Crippen LogP contribution in [0.1, 0.15) is 10.4 Å². The Morgan fingerprint density at radius 1 is 1.04 bits per heavy atom. The van der Waals surface area contributed by atoms with E-state index in [2.05, 4.69) is 15.3 Å². The Morgan fingerprint density at radius 3 is 2.62 bits per heavy atom. The van der Waals surface area contributed by atoms with E-state index in [0.717, 1.165) is 17.0 Å². The predicted molar refractivity (Wildman–Crippen MR) is 99.2 cm³/mol. The number of anilines is 1. The first-order chi connectivity index (χ1) is 12.8. The van der Waals surface area contributed by atoms with Gasteiger partial charge in [-0.05, 0) is 24.3 Å². The number of carbonyl (C=O) groups is 1. The molecule has 0 saturated heterocycles. The van der Waals surface area contributed by atoms with Gasteiger partial charge in [0.05, 0.1) is 24.9 Å². The van der Waals surface area contributed by atoms with Crippen LogP contribution in [0.25, 0.3) is 11.3 Å². The molecule has 0 saturated carbocycles. The maximum Gasteiger partial charge on any atom is 0.338 e. The lowest BCUT2D eigenvalue weighted by atomic mass is 10.1. The molecule has 0 aliphatic rings. The number of para-hydroxylation sites is 1. The SMILES string of the molecule is COc1ccccc1-c1cc(NCCOC(=O)c2ccccc2)ncn1. The molecule has 26 heavy (non-hydrogen) atoms. The molecule has 0 atom stereocenters. The topological polar surface area (TPSA) is 73.3 Å². The van der Waals surface area contributed by atoms with Crippen LogP contribution in [0.15, 0.2) is 67.0 Å². The third-order valence-electron chi connectivity index (χ3n) is 3.70. The Labute approximate surface area is 151 Å². The lowest BCUT2D eigenvalue weighted by molar-refractivity contribution is 0.0520. The fourth-order valence-corrected chi connectivity index (χ4v) is 2.44. The van der Waals surface area contributed by atoms with Crippen LogP contribution >= 0.6 is 0 Å². The number of hydrogen-bond donors (Lipinski definition) is 1. The number of esters is 1. The number of ether oxygens (including phenoxy) is 2. The van der Waals surface area contributed by atoms with Crippen LogP contribution in [0.4, 0.5) is 5.82 Å². The van der Waals surface area contributed by atoms with Crippen molar-refractivity contribution >= 4 is 11.8 Å². The Morgan fingerprint density at radius 2 is 1.81 bits per heavy atom. The normalized spacial score (nSPS) is 10.2. The van der Waals surface area contributed by atoms with E-state index in [1.807, 2.05) is 36.4 Å². The quantitative estimate of drug-likeness (QED) is 0.520. The van der Waals surface area contributed by atoms with Gasteiger partial charge < -0.3 is 14.8 Å². The van der Waals surface area contributed by atoms with Crippen LogP contribution in [0, 0.1) is 0 Å². The highest BCUT2D eigenvalue weighted by molar-refractivity contribution is 5.89. The molecular weight excluding hydrogens is 330 g/mol. The summed E-state index contributed by atoms with van der Waals surface area (Å²) < 4.78 is 10.6. The molecule has 1 N–H and O–H groups in total. The summed E-state index contributed by atoms with van der Waals surface area (Å²) in [5.74, 6) is 1.05. The molecule has 1 heterocycles. The van der Waals surface area contributed by atoms with Gasteiger partial charge in [-0.3, -0.25) is 0 Å². The van der Waals surface area contributed by atoms with Crippen LogP contribution in [-0.4, -0.2) is 36.2 Å². The molecule has 0 unspecified atom stereocenters. The van der Waals surface area contributed by atoms with E-state index in [1.165, 1.54) is 6.33 Å². The van der Waals surface area contributed by atoms with Gasteiger partial charge in [0.25, 0.3) is 0 Å². The Bertz CT molecular complexity index is 869. The van der Waals surface area contributed by atoms with Gasteiger partial charge in [0.2, 0.25) is 0 Å². The molecule has 0 fully saturated rings. The molecule has 3 rings (SSSR count). The largest absolute Gasteiger partial charge is 0.496 e. The predicted octanol–water partition coefficient (Wildman–Crippen LogP) is 3.42. The average Bonchev–Trinajstić information content (AvgIpc) is 2.72. The van der Waals surface area contributed by atoms with Crippen molar-refractivity contribution in [2.24, 2.45) is 0 Å². The Hall–Kier alpha value is -3.41. The van der Waals surface area contributed by atoms with Crippen LogP contribution in [0.2, 0.25) is 0 Å². The number of methoxy groups -OCH3 is 1. The van der Waals surface area contributed by atoms with Crippen LogP contribution in [0.5, 0.6) is 5.75 Å². The van der Waals surface area contributed by atoms with Crippen molar-refractivity contribution in [2.45, 2.75) is 0 Å². The minimum absolute atomic E-state index is 0.238. The lowest BCUT2D eigenvalue weighted by Crippen LogP contribution is -2.14. The minimum atomic E-state index is -0.343. The number of aromatic nitrogens is 2. The van der Waals surface area contributed by atoms with Crippen molar-refractivity contribution in [1.82, 2.24) is 9.97 Å². The molecule has 0 spiro atoms. The number of nitrogens with zero attached hydrogens (tertiary/aromatic N) is 2. The van der Waals surface area contributed by atoms with Crippen LogP contribution in [-0.2, 0) is 4.74 Å². The van der Waals surface area contributed by atoms with Crippen LogP contribution < -0.4 is 10.1 Å². The highest BCUT2D eigenvalue weighted by Gasteiger charge is 2.08. The first-order valence-corrected chi connectivity index (χ1v) is 8.19. The zero-order chi connectivity index (χ0) is 18.2. The molecule has 6 heteroatoms. The smallest absolute Gasteiger partial charge is 0.338 e. The van der Waals surface area contributed by atoms with Gasteiger partial charge in [-0.1, -0.05) is 30.3 Å². The monoisotopic (exact) mass is 349 g/mol. The zero-order valence-corrected chi connectivity index (χ0v) is 14.4. The summed E-state index contributed by atoms with van der Waals surface area (Å²) in [5, 5.41) is 3.13. The third kappa shape index (κ3) is 4.36.